The van der Waals surface area contributed by atoms with Gasteiger partial charge in [0.05, 0.1) is 35.5 Å². The molecule has 0 aliphatic heterocycles. The summed E-state index contributed by atoms with van der Waals surface area (Å²) in [5.74, 6) is 0.236. The van der Waals surface area contributed by atoms with Crippen LogP contribution in [0.5, 0.6) is 11.5 Å². The number of carbonyl (C=O) groups is 2. The molecule has 4 aromatic rings. The number of rotatable bonds is 9. The van der Waals surface area contributed by atoms with Gasteiger partial charge in [0.25, 0.3) is 5.91 Å². The Morgan fingerprint density at radius 2 is 1.46 bits per heavy atom. The van der Waals surface area contributed by atoms with Crippen LogP contribution in [0.3, 0.4) is 0 Å². The van der Waals surface area contributed by atoms with E-state index in [4.69, 9.17) is 44.3 Å². The van der Waals surface area contributed by atoms with Gasteiger partial charge in [0.1, 0.15) is 16.7 Å². The number of amides is 2. The van der Waals surface area contributed by atoms with Crippen molar-refractivity contribution in [2.24, 2.45) is 0 Å². The zero-order chi connectivity index (χ0) is 27.9. The van der Waals surface area contributed by atoms with E-state index in [0.29, 0.717) is 38.5 Å². The molecule has 1 atom stereocenters. The molecule has 6 nitrogen and oxygen atoms in total. The summed E-state index contributed by atoms with van der Waals surface area (Å²) in [6, 6.07) is 24.5. The first-order chi connectivity index (χ1) is 18.8. The Hall–Kier alpha value is -3.36. The van der Waals surface area contributed by atoms with Gasteiger partial charge < -0.3 is 20.1 Å². The maximum atomic E-state index is 13.5. The number of methoxy groups -OCH3 is 2. The summed E-state index contributed by atoms with van der Waals surface area (Å²) in [4.78, 5) is 27.0. The topological polar surface area (TPSA) is 76.7 Å². The van der Waals surface area contributed by atoms with Gasteiger partial charge in [-0.05, 0) is 54.1 Å². The molecule has 0 spiro atoms. The molecule has 4 aromatic carbocycles. The highest BCUT2D eigenvalue weighted by Gasteiger charge is 2.24. The number of carbonyl (C=O) groups excluding carboxylic acids is 2. The molecule has 10 heteroatoms. The van der Waals surface area contributed by atoms with Crippen molar-refractivity contribution in [1.29, 1.82) is 0 Å². The Morgan fingerprint density at radius 1 is 0.769 bits per heavy atom. The minimum atomic E-state index is -0.593. The van der Waals surface area contributed by atoms with E-state index < -0.39 is 5.25 Å². The van der Waals surface area contributed by atoms with Crippen LogP contribution in [0.1, 0.15) is 21.2 Å². The van der Waals surface area contributed by atoms with E-state index in [1.54, 1.807) is 36.4 Å². The van der Waals surface area contributed by atoms with Crippen LogP contribution in [0.25, 0.3) is 0 Å². The number of hydrogen-bond acceptors (Lipinski definition) is 5. The van der Waals surface area contributed by atoms with Crippen molar-refractivity contribution in [3.8, 4) is 11.5 Å². The van der Waals surface area contributed by atoms with Crippen molar-refractivity contribution >= 4 is 69.8 Å². The maximum absolute atomic E-state index is 13.5. The van der Waals surface area contributed by atoms with Gasteiger partial charge in [0.15, 0.2) is 0 Å². The molecule has 4 rings (SSSR count). The standard InChI is InChI=1S/C29H23Cl3N2O4S/c1-37-25-16-26(38-2)24(15-23(25)32)34-29(36)27(17-6-4-3-5-7-17)39-20-11-9-19(10-12-20)33-28(35)21-13-8-18(30)14-22(21)31/h3-16,27H,1-2H3,(H,33,35)(H,34,36). The third-order valence-electron chi connectivity index (χ3n) is 5.61. The Balaban J connectivity index is 1.53. The Morgan fingerprint density at radius 3 is 2.10 bits per heavy atom. The van der Waals surface area contributed by atoms with Crippen LogP contribution in [-0.4, -0.2) is 26.0 Å². The van der Waals surface area contributed by atoms with Crippen LogP contribution in [0.2, 0.25) is 15.1 Å². The number of thioether (sulfide) groups is 1. The fraction of sp³-hybridized carbons (Fsp3) is 0.103. The predicted octanol–water partition coefficient (Wildman–Crippen LogP) is 8.39. The van der Waals surface area contributed by atoms with Gasteiger partial charge in [0, 0.05) is 21.7 Å². The van der Waals surface area contributed by atoms with Crippen molar-refractivity contribution < 1.29 is 19.1 Å². The third-order valence-corrected chi connectivity index (χ3v) is 7.72. The molecule has 0 fully saturated rings. The quantitative estimate of drug-likeness (QED) is 0.188. The minimum Gasteiger partial charge on any atom is -0.495 e. The first-order valence-corrected chi connectivity index (χ1v) is 13.6. The molecule has 0 bridgehead atoms. The molecule has 2 N–H and O–H groups in total. The molecule has 39 heavy (non-hydrogen) atoms. The molecular weight excluding hydrogens is 579 g/mol. The number of anilines is 2. The van der Waals surface area contributed by atoms with E-state index in [-0.39, 0.29) is 16.8 Å². The first-order valence-electron chi connectivity index (χ1n) is 11.6. The fourth-order valence-electron chi connectivity index (χ4n) is 3.68. The molecule has 0 heterocycles. The number of nitrogens with one attached hydrogen (secondary N) is 2. The minimum absolute atomic E-state index is 0.263. The van der Waals surface area contributed by atoms with Crippen LogP contribution in [0.4, 0.5) is 11.4 Å². The molecule has 0 aliphatic rings. The van der Waals surface area contributed by atoms with E-state index in [2.05, 4.69) is 10.6 Å². The van der Waals surface area contributed by atoms with E-state index in [0.717, 1.165) is 10.5 Å². The largest absolute Gasteiger partial charge is 0.495 e. The van der Waals surface area contributed by atoms with Gasteiger partial charge in [-0.3, -0.25) is 9.59 Å². The Kier molecular flexibility index (Phi) is 9.64. The van der Waals surface area contributed by atoms with Crippen LogP contribution in [-0.2, 0) is 4.79 Å². The lowest BCUT2D eigenvalue weighted by Gasteiger charge is -2.19. The smallest absolute Gasteiger partial charge is 0.257 e. The SMILES string of the molecule is COc1cc(OC)c(NC(=O)C(Sc2ccc(NC(=O)c3ccc(Cl)cc3Cl)cc2)c2ccccc2)cc1Cl. The summed E-state index contributed by atoms with van der Waals surface area (Å²) in [6.07, 6.45) is 0. The Bertz CT molecular complexity index is 1480. The normalized spacial score (nSPS) is 11.4. The summed E-state index contributed by atoms with van der Waals surface area (Å²) in [5.41, 5.74) is 2.13. The highest BCUT2D eigenvalue weighted by atomic mass is 35.5. The molecule has 200 valence electrons. The van der Waals surface area contributed by atoms with Crippen LogP contribution in [0.15, 0.2) is 89.8 Å². The first kappa shape index (κ1) is 28.6. The second kappa shape index (κ2) is 13.1. The maximum Gasteiger partial charge on any atom is 0.257 e. The van der Waals surface area contributed by atoms with Crippen molar-refractivity contribution in [3.63, 3.8) is 0 Å². The summed E-state index contributed by atoms with van der Waals surface area (Å²) in [6.45, 7) is 0. The summed E-state index contributed by atoms with van der Waals surface area (Å²) in [5, 5.41) is 6.22. The van der Waals surface area contributed by atoms with E-state index in [1.807, 2.05) is 42.5 Å². The third kappa shape index (κ3) is 7.19. The second-order valence-corrected chi connectivity index (χ2v) is 10.6. The Labute approximate surface area is 245 Å². The van der Waals surface area contributed by atoms with Gasteiger partial charge in [-0.2, -0.15) is 0 Å². The lowest BCUT2D eigenvalue weighted by molar-refractivity contribution is -0.115. The van der Waals surface area contributed by atoms with Gasteiger partial charge in [-0.1, -0.05) is 65.1 Å². The molecule has 2 amide bonds. The summed E-state index contributed by atoms with van der Waals surface area (Å²) < 4.78 is 10.7. The molecule has 0 aromatic heterocycles. The summed E-state index contributed by atoms with van der Waals surface area (Å²) in [7, 11) is 3.01. The zero-order valence-corrected chi connectivity index (χ0v) is 23.9. The monoisotopic (exact) mass is 600 g/mol. The number of ether oxygens (including phenoxy) is 2. The van der Waals surface area contributed by atoms with Gasteiger partial charge in [-0.25, -0.2) is 0 Å². The van der Waals surface area contributed by atoms with E-state index in [9.17, 15) is 9.59 Å². The highest BCUT2D eigenvalue weighted by Crippen LogP contribution is 2.40. The van der Waals surface area contributed by atoms with Gasteiger partial charge in [-0.15, -0.1) is 11.8 Å². The second-order valence-electron chi connectivity index (χ2n) is 8.19. The molecule has 0 saturated heterocycles. The van der Waals surface area contributed by atoms with Crippen molar-refractivity contribution in [2.75, 3.05) is 24.9 Å². The van der Waals surface area contributed by atoms with Crippen LogP contribution >= 0.6 is 46.6 Å². The molecule has 0 aliphatic carbocycles. The van der Waals surface area contributed by atoms with Gasteiger partial charge in [0.2, 0.25) is 5.91 Å². The van der Waals surface area contributed by atoms with Crippen molar-refractivity contribution in [3.05, 3.63) is 111 Å². The lowest BCUT2D eigenvalue weighted by Crippen LogP contribution is -2.19. The zero-order valence-electron chi connectivity index (χ0n) is 20.8. The predicted molar refractivity (Wildman–Crippen MR) is 159 cm³/mol. The summed E-state index contributed by atoms with van der Waals surface area (Å²) >= 11 is 19.7. The van der Waals surface area contributed by atoms with Crippen molar-refractivity contribution in [2.45, 2.75) is 10.1 Å². The number of halogens is 3. The average molecular weight is 602 g/mol. The van der Waals surface area contributed by atoms with Crippen LogP contribution in [0, 0.1) is 0 Å². The highest BCUT2D eigenvalue weighted by molar-refractivity contribution is 8.00. The van der Waals surface area contributed by atoms with E-state index in [1.165, 1.54) is 32.0 Å². The molecule has 0 radical (unpaired) electrons. The fourth-order valence-corrected chi connectivity index (χ4v) is 5.44. The average Bonchev–Trinajstić information content (AvgIpc) is 2.93. The molecule has 0 saturated carbocycles. The number of benzene rings is 4. The molecular formula is C29H23Cl3N2O4S. The van der Waals surface area contributed by atoms with Crippen molar-refractivity contribution in [1.82, 2.24) is 0 Å². The number of hydrogen-bond donors (Lipinski definition) is 2. The molecule has 1 unspecified atom stereocenters. The lowest BCUT2D eigenvalue weighted by atomic mass is 10.1. The van der Waals surface area contributed by atoms with E-state index >= 15 is 0 Å². The van der Waals surface area contributed by atoms with Gasteiger partial charge >= 0.3 is 0 Å². The van der Waals surface area contributed by atoms with Crippen LogP contribution < -0.4 is 20.1 Å².